The van der Waals surface area contributed by atoms with E-state index in [1.165, 1.54) is 12.1 Å². The first-order valence-corrected chi connectivity index (χ1v) is 7.74. The number of anilines is 1. The molecule has 0 saturated carbocycles. The monoisotopic (exact) mass is 278 g/mol. The van der Waals surface area contributed by atoms with E-state index in [4.69, 9.17) is 0 Å². The molecular formula is C17H27FN2. The van der Waals surface area contributed by atoms with E-state index in [1.54, 1.807) is 12.1 Å². The fourth-order valence-corrected chi connectivity index (χ4v) is 2.87. The molecule has 2 rings (SSSR count). The van der Waals surface area contributed by atoms with Crippen LogP contribution in [0.5, 0.6) is 0 Å². The quantitative estimate of drug-likeness (QED) is 0.881. The van der Waals surface area contributed by atoms with Gasteiger partial charge in [0.15, 0.2) is 0 Å². The molecule has 3 heteroatoms. The van der Waals surface area contributed by atoms with Gasteiger partial charge in [0, 0.05) is 31.4 Å². The third-order valence-corrected chi connectivity index (χ3v) is 4.25. The van der Waals surface area contributed by atoms with Crippen LogP contribution in [0.3, 0.4) is 0 Å². The molecule has 0 radical (unpaired) electrons. The minimum absolute atomic E-state index is 0.145. The van der Waals surface area contributed by atoms with Gasteiger partial charge in [0.1, 0.15) is 5.82 Å². The number of nitrogens with one attached hydrogen (secondary N) is 1. The van der Waals surface area contributed by atoms with E-state index in [1.807, 2.05) is 6.07 Å². The maximum absolute atomic E-state index is 13.5. The summed E-state index contributed by atoms with van der Waals surface area (Å²) in [6, 6.07) is 5.60. The Morgan fingerprint density at radius 2 is 2.05 bits per heavy atom. The molecule has 1 heterocycles. The molecule has 1 unspecified atom stereocenters. The third kappa shape index (κ3) is 3.72. The lowest BCUT2D eigenvalue weighted by molar-refractivity contribution is 0.422. The van der Waals surface area contributed by atoms with E-state index in [0.717, 1.165) is 37.0 Å². The summed E-state index contributed by atoms with van der Waals surface area (Å²) < 4.78 is 13.5. The van der Waals surface area contributed by atoms with Crippen LogP contribution >= 0.6 is 0 Å². The predicted molar refractivity (Wildman–Crippen MR) is 83.5 cm³/mol. The van der Waals surface area contributed by atoms with Crippen molar-refractivity contribution < 1.29 is 4.39 Å². The molecule has 1 atom stereocenters. The number of halogens is 1. The lowest BCUT2D eigenvalue weighted by atomic mass is 9.95. The zero-order valence-corrected chi connectivity index (χ0v) is 13.1. The van der Waals surface area contributed by atoms with Gasteiger partial charge in [0.2, 0.25) is 0 Å². The molecule has 0 bridgehead atoms. The molecule has 0 aliphatic carbocycles. The van der Waals surface area contributed by atoms with Gasteiger partial charge in [-0.1, -0.05) is 27.7 Å². The van der Waals surface area contributed by atoms with Crippen molar-refractivity contribution in [3.63, 3.8) is 0 Å². The van der Waals surface area contributed by atoms with Gasteiger partial charge >= 0.3 is 0 Å². The SMILES string of the molecule is CC(C)NCc1cc(F)ccc1N1CCC(C(C)C)C1. The second-order valence-corrected chi connectivity index (χ2v) is 6.55. The summed E-state index contributed by atoms with van der Waals surface area (Å²) in [4.78, 5) is 2.42. The highest BCUT2D eigenvalue weighted by Crippen LogP contribution is 2.30. The first kappa shape index (κ1) is 15.3. The van der Waals surface area contributed by atoms with Crippen LogP contribution in [-0.4, -0.2) is 19.1 Å². The molecule has 2 nitrogen and oxygen atoms in total. The Morgan fingerprint density at radius 1 is 1.30 bits per heavy atom. The molecule has 20 heavy (non-hydrogen) atoms. The molecule has 1 fully saturated rings. The van der Waals surface area contributed by atoms with Crippen LogP contribution in [0.15, 0.2) is 18.2 Å². The maximum atomic E-state index is 13.5. The van der Waals surface area contributed by atoms with Gasteiger partial charge in [0.25, 0.3) is 0 Å². The van der Waals surface area contributed by atoms with Crippen LogP contribution in [0.25, 0.3) is 0 Å². The molecule has 0 aromatic heterocycles. The van der Waals surface area contributed by atoms with Crippen molar-refractivity contribution in [2.75, 3.05) is 18.0 Å². The Hall–Kier alpha value is -1.09. The Kier molecular flexibility index (Phi) is 5.03. The summed E-state index contributed by atoms with van der Waals surface area (Å²) >= 11 is 0. The van der Waals surface area contributed by atoms with Gasteiger partial charge < -0.3 is 10.2 Å². The standard InChI is InChI=1S/C17H27FN2/c1-12(2)14-7-8-20(11-14)17-6-5-16(18)9-15(17)10-19-13(3)4/h5-6,9,12-14,19H,7-8,10-11H2,1-4H3. The van der Waals surface area contributed by atoms with Gasteiger partial charge in [-0.25, -0.2) is 4.39 Å². The topological polar surface area (TPSA) is 15.3 Å². The van der Waals surface area contributed by atoms with Crippen molar-refractivity contribution in [2.24, 2.45) is 11.8 Å². The fraction of sp³-hybridized carbons (Fsp3) is 0.647. The minimum atomic E-state index is -0.145. The van der Waals surface area contributed by atoms with E-state index in [9.17, 15) is 4.39 Å². The van der Waals surface area contributed by atoms with Gasteiger partial charge in [-0.2, -0.15) is 0 Å². The predicted octanol–water partition coefficient (Wildman–Crippen LogP) is 3.81. The van der Waals surface area contributed by atoms with Crippen LogP contribution in [0.1, 0.15) is 39.7 Å². The largest absolute Gasteiger partial charge is 0.371 e. The Bertz CT molecular complexity index is 443. The molecule has 112 valence electrons. The molecule has 0 spiro atoms. The molecule has 0 amide bonds. The number of rotatable bonds is 5. The first-order valence-electron chi connectivity index (χ1n) is 7.74. The molecule has 1 N–H and O–H groups in total. The summed E-state index contributed by atoms with van der Waals surface area (Å²) in [6.45, 7) is 11.7. The van der Waals surface area contributed by atoms with E-state index < -0.39 is 0 Å². The van der Waals surface area contributed by atoms with Crippen molar-refractivity contribution in [1.29, 1.82) is 0 Å². The number of nitrogens with zero attached hydrogens (tertiary/aromatic N) is 1. The Balaban J connectivity index is 2.14. The average Bonchev–Trinajstić information content (AvgIpc) is 2.86. The fourth-order valence-electron chi connectivity index (χ4n) is 2.87. The highest BCUT2D eigenvalue weighted by atomic mass is 19.1. The molecule has 1 aliphatic rings. The van der Waals surface area contributed by atoms with Gasteiger partial charge in [-0.05, 0) is 42.0 Å². The molecule has 1 aromatic carbocycles. The summed E-state index contributed by atoms with van der Waals surface area (Å²) in [7, 11) is 0. The van der Waals surface area contributed by atoms with Crippen LogP contribution in [-0.2, 0) is 6.54 Å². The lowest BCUT2D eigenvalue weighted by Crippen LogP contribution is -2.26. The Morgan fingerprint density at radius 3 is 2.65 bits per heavy atom. The van der Waals surface area contributed by atoms with Crippen molar-refractivity contribution in [3.05, 3.63) is 29.6 Å². The highest BCUT2D eigenvalue weighted by molar-refractivity contribution is 5.54. The van der Waals surface area contributed by atoms with Crippen molar-refractivity contribution in [1.82, 2.24) is 5.32 Å². The minimum Gasteiger partial charge on any atom is -0.371 e. The lowest BCUT2D eigenvalue weighted by Gasteiger charge is -2.24. The zero-order valence-electron chi connectivity index (χ0n) is 13.1. The normalized spacial score (nSPS) is 19.4. The van der Waals surface area contributed by atoms with Crippen LogP contribution in [0.2, 0.25) is 0 Å². The maximum Gasteiger partial charge on any atom is 0.123 e. The van der Waals surface area contributed by atoms with Gasteiger partial charge in [-0.3, -0.25) is 0 Å². The second-order valence-electron chi connectivity index (χ2n) is 6.55. The smallest absolute Gasteiger partial charge is 0.123 e. The molecule has 1 aromatic rings. The average molecular weight is 278 g/mol. The zero-order chi connectivity index (χ0) is 14.7. The van der Waals surface area contributed by atoms with Crippen LogP contribution in [0.4, 0.5) is 10.1 Å². The van der Waals surface area contributed by atoms with E-state index in [0.29, 0.717) is 6.04 Å². The first-order chi connectivity index (χ1) is 9.47. The molecule has 1 aliphatic heterocycles. The van der Waals surface area contributed by atoms with Crippen LogP contribution < -0.4 is 10.2 Å². The van der Waals surface area contributed by atoms with Gasteiger partial charge in [0.05, 0.1) is 0 Å². The number of hydrogen-bond acceptors (Lipinski definition) is 2. The van der Waals surface area contributed by atoms with E-state index in [-0.39, 0.29) is 5.82 Å². The summed E-state index contributed by atoms with van der Waals surface area (Å²) in [6.07, 6.45) is 1.24. The summed E-state index contributed by atoms with van der Waals surface area (Å²) in [5.41, 5.74) is 2.27. The molecule has 1 saturated heterocycles. The Labute approximate surface area is 122 Å². The van der Waals surface area contributed by atoms with Gasteiger partial charge in [-0.15, -0.1) is 0 Å². The number of hydrogen-bond donors (Lipinski definition) is 1. The highest BCUT2D eigenvalue weighted by Gasteiger charge is 2.26. The van der Waals surface area contributed by atoms with Crippen molar-refractivity contribution in [2.45, 2.75) is 46.7 Å². The van der Waals surface area contributed by atoms with E-state index >= 15 is 0 Å². The summed E-state index contributed by atoms with van der Waals surface area (Å²) in [5.74, 6) is 1.33. The van der Waals surface area contributed by atoms with Crippen LogP contribution in [0, 0.1) is 17.7 Å². The summed E-state index contributed by atoms with van der Waals surface area (Å²) in [5, 5.41) is 3.39. The third-order valence-electron chi connectivity index (χ3n) is 4.25. The van der Waals surface area contributed by atoms with Crippen molar-refractivity contribution in [3.8, 4) is 0 Å². The van der Waals surface area contributed by atoms with E-state index in [2.05, 4.69) is 37.9 Å². The second kappa shape index (κ2) is 6.57. The molecular weight excluding hydrogens is 251 g/mol. The van der Waals surface area contributed by atoms with Crippen molar-refractivity contribution >= 4 is 5.69 Å². The number of benzene rings is 1.